The summed E-state index contributed by atoms with van der Waals surface area (Å²) in [6, 6.07) is 12.6. The van der Waals surface area contributed by atoms with E-state index in [0.717, 1.165) is 5.69 Å². The maximum atomic E-state index is 13.5. The molecule has 0 aromatic heterocycles. The van der Waals surface area contributed by atoms with E-state index in [-0.39, 0.29) is 5.02 Å². The minimum atomic E-state index is -0.797. The third-order valence-corrected chi connectivity index (χ3v) is 3.11. The molecule has 0 fully saturated rings. The van der Waals surface area contributed by atoms with Crippen LogP contribution in [-0.4, -0.2) is 13.1 Å². The number of rotatable bonds is 4. The topological polar surface area (TPSA) is 38.3 Å². The zero-order valence-electron chi connectivity index (χ0n) is 10.8. The number of carbonyl (C=O) groups is 1. The van der Waals surface area contributed by atoms with Gasteiger partial charge in [-0.15, -0.1) is 0 Å². The summed E-state index contributed by atoms with van der Waals surface area (Å²) < 4.78 is 18.3. The van der Waals surface area contributed by atoms with E-state index in [1.807, 2.05) is 30.3 Å². The van der Waals surface area contributed by atoms with Crippen molar-refractivity contribution in [2.24, 2.45) is 0 Å². The Kier molecular flexibility index (Phi) is 4.58. The molecule has 2 aromatic carbocycles. The first-order chi connectivity index (χ1) is 9.61. The fourth-order valence-corrected chi connectivity index (χ4v) is 1.91. The standard InChI is InChI=1S/C15H13ClFNO2/c1-20-15(19)14(18-11-5-3-2-4-6-11)10-7-8-12(16)13(17)9-10/h2-9,14,18H,1H3. The molecule has 0 aliphatic rings. The maximum absolute atomic E-state index is 13.5. The van der Waals surface area contributed by atoms with Gasteiger partial charge in [-0.1, -0.05) is 35.9 Å². The van der Waals surface area contributed by atoms with Crippen molar-refractivity contribution in [2.45, 2.75) is 6.04 Å². The number of nitrogens with one attached hydrogen (secondary N) is 1. The van der Waals surface area contributed by atoms with Gasteiger partial charge < -0.3 is 10.1 Å². The lowest BCUT2D eigenvalue weighted by molar-refractivity contribution is -0.141. The molecule has 0 amide bonds. The quantitative estimate of drug-likeness (QED) is 0.871. The van der Waals surface area contributed by atoms with Gasteiger partial charge >= 0.3 is 5.97 Å². The molecule has 0 spiro atoms. The number of esters is 1. The van der Waals surface area contributed by atoms with Gasteiger partial charge in [-0.2, -0.15) is 0 Å². The summed E-state index contributed by atoms with van der Waals surface area (Å²) in [4.78, 5) is 11.9. The predicted octanol–water partition coefficient (Wildman–Crippen LogP) is 3.81. The molecule has 0 bridgehead atoms. The van der Waals surface area contributed by atoms with E-state index < -0.39 is 17.8 Å². The summed E-state index contributed by atoms with van der Waals surface area (Å²) in [6.45, 7) is 0. The van der Waals surface area contributed by atoms with Crippen molar-refractivity contribution < 1.29 is 13.9 Å². The Labute approximate surface area is 121 Å². The van der Waals surface area contributed by atoms with Crippen molar-refractivity contribution in [1.29, 1.82) is 0 Å². The lowest BCUT2D eigenvalue weighted by Crippen LogP contribution is -2.22. The second-order valence-electron chi connectivity index (χ2n) is 4.14. The van der Waals surface area contributed by atoms with Crippen molar-refractivity contribution in [3.05, 3.63) is 64.9 Å². The number of anilines is 1. The van der Waals surface area contributed by atoms with Crippen LogP contribution >= 0.6 is 11.6 Å². The number of ether oxygens (including phenoxy) is 1. The van der Waals surface area contributed by atoms with Crippen molar-refractivity contribution in [2.75, 3.05) is 12.4 Å². The van der Waals surface area contributed by atoms with Crippen LogP contribution in [0.5, 0.6) is 0 Å². The van der Waals surface area contributed by atoms with Crippen LogP contribution in [0.25, 0.3) is 0 Å². The second-order valence-corrected chi connectivity index (χ2v) is 4.55. The first-order valence-electron chi connectivity index (χ1n) is 5.96. The summed E-state index contributed by atoms with van der Waals surface area (Å²) in [5, 5.41) is 3.02. The van der Waals surface area contributed by atoms with E-state index in [0.29, 0.717) is 5.56 Å². The SMILES string of the molecule is COC(=O)C(Nc1ccccc1)c1ccc(Cl)c(F)c1. The first kappa shape index (κ1) is 14.3. The van der Waals surface area contributed by atoms with Crippen LogP contribution in [0.3, 0.4) is 0 Å². The molecule has 1 atom stereocenters. The van der Waals surface area contributed by atoms with E-state index in [1.54, 1.807) is 6.07 Å². The molecule has 0 saturated carbocycles. The van der Waals surface area contributed by atoms with Gasteiger partial charge in [0.2, 0.25) is 0 Å². The molecule has 0 aliphatic heterocycles. The first-order valence-corrected chi connectivity index (χ1v) is 6.34. The van der Waals surface area contributed by atoms with Gasteiger partial charge in [-0.25, -0.2) is 9.18 Å². The van der Waals surface area contributed by atoms with Crippen molar-refractivity contribution >= 4 is 23.3 Å². The largest absolute Gasteiger partial charge is 0.467 e. The van der Waals surface area contributed by atoms with Crippen LogP contribution in [0.2, 0.25) is 5.02 Å². The lowest BCUT2D eigenvalue weighted by atomic mass is 10.1. The van der Waals surface area contributed by atoms with E-state index in [9.17, 15) is 9.18 Å². The van der Waals surface area contributed by atoms with Gasteiger partial charge in [0.05, 0.1) is 12.1 Å². The van der Waals surface area contributed by atoms with Crippen LogP contribution in [0, 0.1) is 5.82 Å². The molecule has 20 heavy (non-hydrogen) atoms. The zero-order chi connectivity index (χ0) is 14.5. The summed E-state index contributed by atoms with van der Waals surface area (Å²) in [5.41, 5.74) is 1.18. The highest BCUT2D eigenvalue weighted by molar-refractivity contribution is 6.30. The van der Waals surface area contributed by atoms with Gasteiger partial charge in [0.1, 0.15) is 5.82 Å². The van der Waals surface area contributed by atoms with Crippen molar-refractivity contribution in [3.63, 3.8) is 0 Å². The molecule has 3 nitrogen and oxygen atoms in total. The third kappa shape index (κ3) is 3.27. The van der Waals surface area contributed by atoms with E-state index in [1.165, 1.54) is 19.2 Å². The maximum Gasteiger partial charge on any atom is 0.332 e. The van der Waals surface area contributed by atoms with Crippen LogP contribution < -0.4 is 5.32 Å². The zero-order valence-corrected chi connectivity index (χ0v) is 11.5. The van der Waals surface area contributed by atoms with E-state index in [2.05, 4.69) is 5.32 Å². The number of hydrogen-bond donors (Lipinski definition) is 1. The van der Waals surface area contributed by atoms with Gasteiger partial charge in [0.25, 0.3) is 0 Å². The summed E-state index contributed by atoms with van der Waals surface area (Å²) >= 11 is 5.65. The smallest absolute Gasteiger partial charge is 0.332 e. The number of halogens is 2. The summed E-state index contributed by atoms with van der Waals surface area (Å²) in [7, 11) is 1.29. The van der Waals surface area contributed by atoms with E-state index >= 15 is 0 Å². The minimum absolute atomic E-state index is 0.0112. The average Bonchev–Trinajstić information content (AvgIpc) is 2.48. The highest BCUT2D eigenvalue weighted by atomic mass is 35.5. The Morgan fingerprint density at radius 1 is 1.25 bits per heavy atom. The Hall–Kier alpha value is -2.07. The van der Waals surface area contributed by atoms with Crippen molar-refractivity contribution in [1.82, 2.24) is 0 Å². The Bertz CT molecular complexity index is 604. The van der Waals surface area contributed by atoms with Crippen LogP contribution in [0.1, 0.15) is 11.6 Å². The van der Waals surface area contributed by atoms with Gasteiger partial charge in [0.15, 0.2) is 6.04 Å². The van der Waals surface area contributed by atoms with E-state index in [4.69, 9.17) is 16.3 Å². The molecule has 1 unspecified atom stereocenters. The molecule has 0 radical (unpaired) electrons. The summed E-state index contributed by atoms with van der Waals surface area (Å²) in [5.74, 6) is -1.08. The van der Waals surface area contributed by atoms with Gasteiger partial charge in [-0.05, 0) is 29.8 Å². The Morgan fingerprint density at radius 2 is 1.95 bits per heavy atom. The normalized spacial score (nSPS) is 11.8. The highest BCUT2D eigenvalue weighted by Gasteiger charge is 2.22. The molecule has 1 N–H and O–H groups in total. The van der Waals surface area contributed by atoms with Gasteiger partial charge in [-0.3, -0.25) is 0 Å². The molecule has 104 valence electrons. The molecule has 2 rings (SSSR count). The molecule has 0 aliphatic carbocycles. The molecular weight excluding hydrogens is 281 g/mol. The number of carbonyl (C=O) groups excluding carboxylic acids is 1. The number of para-hydroxylation sites is 1. The molecule has 0 heterocycles. The second kappa shape index (κ2) is 6.39. The Balaban J connectivity index is 2.32. The molecule has 2 aromatic rings. The fraction of sp³-hybridized carbons (Fsp3) is 0.133. The fourth-order valence-electron chi connectivity index (χ4n) is 1.79. The number of methoxy groups -OCH3 is 1. The molecular formula is C15H13ClFNO2. The molecule has 5 heteroatoms. The third-order valence-electron chi connectivity index (χ3n) is 2.80. The van der Waals surface area contributed by atoms with Crippen LogP contribution in [0.4, 0.5) is 10.1 Å². The molecule has 0 saturated heterocycles. The number of benzene rings is 2. The summed E-state index contributed by atoms with van der Waals surface area (Å²) in [6.07, 6.45) is 0. The van der Waals surface area contributed by atoms with Crippen molar-refractivity contribution in [3.8, 4) is 0 Å². The highest BCUT2D eigenvalue weighted by Crippen LogP contribution is 2.24. The van der Waals surface area contributed by atoms with Gasteiger partial charge in [0, 0.05) is 5.69 Å². The van der Waals surface area contributed by atoms with Crippen LogP contribution in [0.15, 0.2) is 48.5 Å². The monoisotopic (exact) mass is 293 g/mol. The predicted molar refractivity (Wildman–Crippen MR) is 76.2 cm³/mol. The number of hydrogen-bond acceptors (Lipinski definition) is 3. The Morgan fingerprint density at radius 3 is 2.55 bits per heavy atom. The average molecular weight is 294 g/mol. The minimum Gasteiger partial charge on any atom is -0.467 e. The lowest BCUT2D eigenvalue weighted by Gasteiger charge is -2.18. The van der Waals surface area contributed by atoms with Crippen LogP contribution in [-0.2, 0) is 9.53 Å².